The van der Waals surface area contributed by atoms with Crippen molar-refractivity contribution in [3.8, 4) is 0 Å². The molecule has 0 saturated carbocycles. The Bertz CT molecular complexity index is 722. The molecule has 0 bridgehead atoms. The van der Waals surface area contributed by atoms with E-state index in [9.17, 15) is 14.4 Å². The molecule has 0 fully saturated rings. The van der Waals surface area contributed by atoms with Gasteiger partial charge in [-0.15, -0.1) is 0 Å². The summed E-state index contributed by atoms with van der Waals surface area (Å²) < 4.78 is 0. The maximum absolute atomic E-state index is 12.4. The maximum Gasteiger partial charge on any atom is 0.238 e. The smallest absolute Gasteiger partial charge is 0.238 e. The minimum absolute atomic E-state index is 0.178. The summed E-state index contributed by atoms with van der Waals surface area (Å²) in [6, 6.07) is 3.44. The molecule has 0 saturated heterocycles. The van der Waals surface area contributed by atoms with Gasteiger partial charge in [-0.25, -0.2) is 0 Å². The standard InChI is InChI=1S/C25H44N6O3/c1-5-8-11-26-16-23(32)29-20-14-21(30-24(33)17-27-12-9-6-2)19(4)22(15-20)31-25(34)18-28-13-10-7-3/h14-15,26-28H,5-13,16-18H2,1-4H3,(H,29,32)(H,30,33)(H,31,34). The summed E-state index contributed by atoms with van der Waals surface area (Å²) in [5.74, 6) is -0.540. The zero-order chi connectivity index (χ0) is 25.2. The molecule has 1 aromatic rings. The number of amides is 3. The number of hydrogen-bond donors (Lipinski definition) is 6. The van der Waals surface area contributed by atoms with E-state index in [2.05, 4.69) is 52.7 Å². The van der Waals surface area contributed by atoms with Gasteiger partial charge >= 0.3 is 0 Å². The fourth-order valence-corrected chi connectivity index (χ4v) is 3.15. The van der Waals surface area contributed by atoms with Gasteiger partial charge < -0.3 is 31.9 Å². The predicted molar refractivity (Wildman–Crippen MR) is 140 cm³/mol. The first-order valence-corrected chi connectivity index (χ1v) is 12.6. The molecule has 0 spiro atoms. The van der Waals surface area contributed by atoms with Crippen LogP contribution in [0.15, 0.2) is 12.1 Å². The number of carbonyl (C=O) groups is 3. The second-order valence-corrected chi connectivity index (χ2v) is 8.43. The Morgan fingerprint density at radius 3 is 1.32 bits per heavy atom. The molecule has 0 radical (unpaired) electrons. The lowest BCUT2D eigenvalue weighted by Gasteiger charge is -2.17. The highest BCUT2D eigenvalue weighted by molar-refractivity contribution is 6.00. The summed E-state index contributed by atoms with van der Waals surface area (Å²) in [6.07, 6.45) is 6.17. The van der Waals surface area contributed by atoms with Crippen LogP contribution in [0, 0.1) is 6.92 Å². The molecule has 0 aliphatic heterocycles. The van der Waals surface area contributed by atoms with Gasteiger partial charge in [-0.1, -0.05) is 40.0 Å². The third kappa shape index (κ3) is 12.7. The Morgan fingerprint density at radius 1 is 0.618 bits per heavy atom. The van der Waals surface area contributed by atoms with Gasteiger partial charge in [0.2, 0.25) is 17.7 Å². The zero-order valence-electron chi connectivity index (χ0n) is 21.4. The van der Waals surface area contributed by atoms with Gasteiger partial charge in [0.1, 0.15) is 0 Å². The molecular weight excluding hydrogens is 432 g/mol. The largest absolute Gasteiger partial charge is 0.325 e. The van der Waals surface area contributed by atoms with Crippen LogP contribution in [0.1, 0.15) is 64.9 Å². The molecule has 0 unspecified atom stereocenters. The molecule has 9 nitrogen and oxygen atoms in total. The van der Waals surface area contributed by atoms with Crippen LogP contribution < -0.4 is 31.9 Å². The molecule has 0 heterocycles. The fourth-order valence-electron chi connectivity index (χ4n) is 3.15. The number of benzene rings is 1. The maximum atomic E-state index is 12.4. The molecule has 1 aromatic carbocycles. The molecule has 0 atom stereocenters. The van der Waals surface area contributed by atoms with E-state index >= 15 is 0 Å². The Balaban J connectivity index is 2.91. The predicted octanol–water partition coefficient (Wildman–Crippen LogP) is 2.98. The minimum Gasteiger partial charge on any atom is -0.325 e. The summed E-state index contributed by atoms with van der Waals surface area (Å²) >= 11 is 0. The Hall–Kier alpha value is -2.49. The minimum atomic E-state index is -0.183. The molecular formula is C25H44N6O3. The number of anilines is 3. The topological polar surface area (TPSA) is 123 Å². The van der Waals surface area contributed by atoms with Crippen molar-refractivity contribution in [2.75, 3.05) is 55.2 Å². The van der Waals surface area contributed by atoms with Crippen molar-refractivity contribution in [2.45, 2.75) is 66.2 Å². The second-order valence-electron chi connectivity index (χ2n) is 8.43. The third-order valence-electron chi connectivity index (χ3n) is 5.22. The summed E-state index contributed by atoms with van der Waals surface area (Å²) in [7, 11) is 0. The Morgan fingerprint density at radius 2 is 0.971 bits per heavy atom. The van der Waals surface area contributed by atoms with Crippen LogP contribution in [-0.2, 0) is 14.4 Å². The molecule has 3 amide bonds. The van der Waals surface area contributed by atoms with Gasteiger partial charge in [0.05, 0.1) is 19.6 Å². The van der Waals surface area contributed by atoms with Crippen LogP contribution in [0.2, 0.25) is 0 Å². The van der Waals surface area contributed by atoms with Crippen LogP contribution in [-0.4, -0.2) is 57.0 Å². The molecule has 0 aliphatic rings. The highest BCUT2D eigenvalue weighted by Gasteiger charge is 2.14. The van der Waals surface area contributed by atoms with Crippen molar-refractivity contribution >= 4 is 34.8 Å². The van der Waals surface area contributed by atoms with E-state index in [1.807, 2.05) is 6.92 Å². The van der Waals surface area contributed by atoms with Crippen LogP contribution in [0.4, 0.5) is 17.1 Å². The Labute approximate surface area is 204 Å². The average Bonchev–Trinajstić information content (AvgIpc) is 2.80. The number of carbonyl (C=O) groups excluding carboxylic acids is 3. The van der Waals surface area contributed by atoms with Crippen molar-refractivity contribution in [2.24, 2.45) is 0 Å². The summed E-state index contributed by atoms with van der Waals surface area (Å²) in [5, 5.41) is 18.0. The highest BCUT2D eigenvalue weighted by atomic mass is 16.2. The molecule has 192 valence electrons. The van der Waals surface area contributed by atoms with E-state index in [0.717, 1.165) is 63.7 Å². The number of nitrogens with one attached hydrogen (secondary N) is 6. The van der Waals surface area contributed by atoms with Gasteiger partial charge in [0.25, 0.3) is 0 Å². The van der Waals surface area contributed by atoms with Crippen molar-refractivity contribution in [3.05, 3.63) is 17.7 Å². The highest BCUT2D eigenvalue weighted by Crippen LogP contribution is 2.29. The zero-order valence-corrected chi connectivity index (χ0v) is 21.4. The second kappa shape index (κ2) is 17.9. The van der Waals surface area contributed by atoms with E-state index in [4.69, 9.17) is 0 Å². The first kappa shape index (κ1) is 29.5. The first-order valence-electron chi connectivity index (χ1n) is 12.6. The Kier molecular flexibility index (Phi) is 15.6. The SMILES string of the molecule is CCCCNCC(=O)Nc1cc(NC(=O)CNCCCC)c(C)c(NC(=O)CNCCCC)c1. The van der Waals surface area contributed by atoms with Gasteiger partial charge in [-0.3, -0.25) is 14.4 Å². The lowest BCUT2D eigenvalue weighted by atomic mass is 10.1. The van der Waals surface area contributed by atoms with Crippen LogP contribution >= 0.6 is 0 Å². The number of rotatable bonds is 18. The van der Waals surface area contributed by atoms with Crippen LogP contribution in [0.3, 0.4) is 0 Å². The molecule has 1 rings (SSSR count). The van der Waals surface area contributed by atoms with Gasteiger partial charge in [0.15, 0.2) is 0 Å². The average molecular weight is 477 g/mol. The summed E-state index contributed by atoms with van der Waals surface area (Å²) in [6.45, 7) is 11.0. The van der Waals surface area contributed by atoms with Gasteiger partial charge in [0, 0.05) is 17.1 Å². The van der Waals surface area contributed by atoms with Crippen molar-refractivity contribution < 1.29 is 14.4 Å². The van der Waals surface area contributed by atoms with E-state index < -0.39 is 0 Å². The quantitative estimate of drug-likeness (QED) is 0.181. The van der Waals surface area contributed by atoms with E-state index in [-0.39, 0.29) is 37.4 Å². The molecule has 0 aromatic heterocycles. The fraction of sp³-hybridized carbons (Fsp3) is 0.640. The number of hydrogen-bond acceptors (Lipinski definition) is 6. The van der Waals surface area contributed by atoms with Crippen LogP contribution in [0.5, 0.6) is 0 Å². The van der Waals surface area contributed by atoms with Crippen molar-refractivity contribution in [1.82, 2.24) is 16.0 Å². The lowest BCUT2D eigenvalue weighted by Crippen LogP contribution is -2.30. The number of unbranched alkanes of at least 4 members (excludes halogenated alkanes) is 3. The first-order chi connectivity index (χ1) is 16.4. The van der Waals surface area contributed by atoms with Crippen LogP contribution in [0.25, 0.3) is 0 Å². The van der Waals surface area contributed by atoms with E-state index in [1.165, 1.54) is 0 Å². The van der Waals surface area contributed by atoms with E-state index in [0.29, 0.717) is 17.1 Å². The monoisotopic (exact) mass is 476 g/mol. The van der Waals surface area contributed by atoms with Crippen molar-refractivity contribution in [1.29, 1.82) is 0 Å². The van der Waals surface area contributed by atoms with E-state index in [1.54, 1.807) is 12.1 Å². The molecule has 9 heteroatoms. The summed E-state index contributed by atoms with van der Waals surface area (Å²) in [5.41, 5.74) is 2.33. The summed E-state index contributed by atoms with van der Waals surface area (Å²) in [4.78, 5) is 37.2. The lowest BCUT2D eigenvalue weighted by molar-refractivity contribution is -0.116. The van der Waals surface area contributed by atoms with Gasteiger partial charge in [-0.2, -0.15) is 0 Å². The normalized spacial score (nSPS) is 10.7. The third-order valence-corrected chi connectivity index (χ3v) is 5.22. The van der Waals surface area contributed by atoms with Crippen molar-refractivity contribution in [3.63, 3.8) is 0 Å². The molecule has 0 aliphatic carbocycles. The molecule has 34 heavy (non-hydrogen) atoms. The molecule has 6 N–H and O–H groups in total. The van der Waals surface area contributed by atoms with Gasteiger partial charge in [-0.05, 0) is 63.5 Å².